The molecule has 0 aromatic heterocycles. The van der Waals surface area contributed by atoms with Crippen molar-refractivity contribution in [2.24, 2.45) is 0 Å². The normalized spacial score (nSPS) is 22.3. The highest BCUT2D eigenvalue weighted by molar-refractivity contribution is 5.92. The molecule has 3 atom stereocenters. The maximum absolute atomic E-state index is 13.2. The summed E-state index contributed by atoms with van der Waals surface area (Å²) in [6, 6.07) is 3.51. The van der Waals surface area contributed by atoms with Gasteiger partial charge in [-0.2, -0.15) is 13.2 Å². The quantitative estimate of drug-likeness (QED) is 0.643. The van der Waals surface area contributed by atoms with E-state index in [0.717, 1.165) is 12.1 Å². The number of esters is 2. The molecule has 1 aromatic rings. The molecule has 2 N–H and O–H groups in total. The third kappa shape index (κ3) is 5.29. The summed E-state index contributed by atoms with van der Waals surface area (Å²) in [6.45, 7) is 3.25. The molecule has 10 heteroatoms. The van der Waals surface area contributed by atoms with E-state index in [2.05, 4.69) is 15.4 Å². The lowest BCUT2D eigenvalue weighted by molar-refractivity contribution is -0.154. The van der Waals surface area contributed by atoms with Crippen molar-refractivity contribution in [3.63, 3.8) is 0 Å². The Kier molecular flexibility index (Phi) is 7.46. The predicted octanol–water partition coefficient (Wildman–Crippen LogP) is 1.98. The monoisotopic (exact) mass is 430 g/mol. The summed E-state index contributed by atoms with van der Waals surface area (Å²) in [6.07, 6.45) is -4.76. The molecule has 0 spiro atoms. The third-order valence-electron chi connectivity index (χ3n) is 5.07. The second kappa shape index (κ2) is 9.46. The molecular formula is C20H25F3N2O5. The minimum absolute atomic E-state index is 0.0352. The summed E-state index contributed by atoms with van der Waals surface area (Å²) >= 11 is 0. The number of carbonyl (C=O) groups excluding carboxylic acids is 3. The summed E-state index contributed by atoms with van der Waals surface area (Å²) in [5, 5.41) is 5.65. The van der Waals surface area contributed by atoms with Crippen molar-refractivity contribution in [2.45, 2.75) is 57.0 Å². The van der Waals surface area contributed by atoms with Gasteiger partial charge in [-0.3, -0.25) is 14.9 Å². The van der Waals surface area contributed by atoms with Crippen LogP contribution in [0.2, 0.25) is 0 Å². The number of ether oxygens (including phenoxy) is 2. The van der Waals surface area contributed by atoms with Gasteiger partial charge in [0.25, 0.3) is 0 Å². The van der Waals surface area contributed by atoms with E-state index >= 15 is 0 Å². The number of carbonyl (C=O) groups is 3. The van der Waals surface area contributed by atoms with E-state index < -0.39 is 47.3 Å². The van der Waals surface area contributed by atoms with Gasteiger partial charge < -0.3 is 14.8 Å². The number of rotatable bonds is 7. The number of hydrogen-bond acceptors (Lipinski definition) is 6. The molecule has 1 aromatic carbocycles. The first-order chi connectivity index (χ1) is 14.0. The number of hydrogen-bond donors (Lipinski definition) is 2. The average Bonchev–Trinajstić information content (AvgIpc) is 3.07. The molecule has 0 unspecified atom stereocenters. The molecule has 1 fully saturated rings. The van der Waals surface area contributed by atoms with Crippen LogP contribution in [0.15, 0.2) is 24.3 Å². The number of methoxy groups -OCH3 is 1. The van der Waals surface area contributed by atoms with Crippen molar-refractivity contribution < 1.29 is 37.0 Å². The van der Waals surface area contributed by atoms with Gasteiger partial charge in [0.05, 0.1) is 12.7 Å². The molecule has 166 valence electrons. The molecule has 1 heterocycles. The fourth-order valence-electron chi connectivity index (χ4n) is 3.52. The van der Waals surface area contributed by atoms with Gasteiger partial charge in [-0.05, 0) is 37.1 Å². The molecule has 1 aliphatic heterocycles. The molecule has 0 bridgehead atoms. The van der Waals surface area contributed by atoms with Gasteiger partial charge in [-0.25, -0.2) is 4.79 Å². The molecule has 0 radical (unpaired) electrons. The number of halogens is 3. The van der Waals surface area contributed by atoms with E-state index in [1.807, 2.05) is 0 Å². The largest absolute Gasteiger partial charge is 0.467 e. The first kappa shape index (κ1) is 23.7. The van der Waals surface area contributed by atoms with E-state index in [1.165, 1.54) is 26.2 Å². The zero-order valence-electron chi connectivity index (χ0n) is 17.0. The van der Waals surface area contributed by atoms with Gasteiger partial charge in [0, 0.05) is 13.3 Å². The van der Waals surface area contributed by atoms with Crippen LogP contribution in [0.25, 0.3) is 0 Å². The van der Waals surface area contributed by atoms with E-state index in [4.69, 9.17) is 4.74 Å². The van der Waals surface area contributed by atoms with Crippen LogP contribution in [-0.2, 0) is 36.5 Å². The Morgan fingerprint density at radius 2 is 1.90 bits per heavy atom. The number of alkyl halides is 3. The summed E-state index contributed by atoms with van der Waals surface area (Å²) in [4.78, 5) is 36.7. The molecule has 30 heavy (non-hydrogen) atoms. The van der Waals surface area contributed by atoms with Crippen LogP contribution in [0.3, 0.4) is 0 Å². The van der Waals surface area contributed by atoms with Crippen LogP contribution in [0.4, 0.5) is 13.2 Å². The SMILES string of the molecule is CC[C@@H](NC(=O)[C@]1(Cc2ccc(C(F)(F)F)cc2)NCC[C@H]1OC(C)=O)C(=O)OC. The molecule has 1 saturated heterocycles. The summed E-state index contributed by atoms with van der Waals surface area (Å²) in [5.41, 5.74) is -1.81. The van der Waals surface area contributed by atoms with Crippen LogP contribution < -0.4 is 10.6 Å². The standard InChI is InChI=1S/C20H25F3N2O5/c1-4-15(17(27)29-3)25-18(28)19(16(9-10-24-19)30-12(2)26)11-13-5-7-14(8-6-13)20(21,22)23/h5-8,15-16,24H,4,9-11H2,1-3H3,(H,25,28)/t15-,16-,19-/m1/s1. The maximum Gasteiger partial charge on any atom is 0.416 e. The maximum atomic E-state index is 13.2. The van der Waals surface area contributed by atoms with Crippen molar-refractivity contribution in [3.8, 4) is 0 Å². The van der Waals surface area contributed by atoms with Gasteiger partial charge in [-0.15, -0.1) is 0 Å². The Balaban J connectivity index is 2.35. The summed E-state index contributed by atoms with van der Waals surface area (Å²) in [5.74, 6) is -1.81. The number of amides is 1. The van der Waals surface area contributed by atoms with E-state index in [-0.39, 0.29) is 12.8 Å². The van der Waals surface area contributed by atoms with Gasteiger partial charge >= 0.3 is 18.1 Å². The Hall–Kier alpha value is -2.62. The minimum atomic E-state index is -4.48. The van der Waals surface area contributed by atoms with Crippen LogP contribution in [-0.4, -0.2) is 49.2 Å². The Bertz CT molecular complexity index is 782. The van der Waals surface area contributed by atoms with Gasteiger partial charge in [0.1, 0.15) is 17.7 Å². The number of benzene rings is 1. The highest BCUT2D eigenvalue weighted by Gasteiger charge is 2.51. The summed E-state index contributed by atoms with van der Waals surface area (Å²) < 4.78 is 48.6. The molecule has 0 aliphatic carbocycles. The van der Waals surface area contributed by atoms with Crippen molar-refractivity contribution in [1.82, 2.24) is 10.6 Å². The lowest BCUT2D eigenvalue weighted by Gasteiger charge is -2.34. The van der Waals surface area contributed by atoms with Crippen LogP contribution in [0, 0.1) is 0 Å². The fraction of sp³-hybridized carbons (Fsp3) is 0.550. The smallest absolute Gasteiger partial charge is 0.416 e. The van der Waals surface area contributed by atoms with Gasteiger partial charge in [0.2, 0.25) is 5.91 Å². The highest BCUT2D eigenvalue weighted by atomic mass is 19.4. The zero-order chi connectivity index (χ0) is 22.5. The second-order valence-corrected chi connectivity index (χ2v) is 7.11. The Morgan fingerprint density at radius 3 is 2.40 bits per heavy atom. The molecule has 2 rings (SSSR count). The lowest BCUT2D eigenvalue weighted by atomic mass is 9.85. The van der Waals surface area contributed by atoms with Gasteiger partial charge in [0.15, 0.2) is 0 Å². The molecule has 0 saturated carbocycles. The van der Waals surface area contributed by atoms with E-state index in [9.17, 15) is 27.6 Å². The van der Waals surface area contributed by atoms with E-state index in [1.54, 1.807) is 6.92 Å². The Labute approximate surface area is 172 Å². The average molecular weight is 430 g/mol. The second-order valence-electron chi connectivity index (χ2n) is 7.11. The first-order valence-electron chi connectivity index (χ1n) is 9.50. The van der Waals surface area contributed by atoms with Gasteiger partial charge in [-0.1, -0.05) is 19.1 Å². The van der Waals surface area contributed by atoms with Crippen LogP contribution >= 0.6 is 0 Å². The molecule has 1 amide bonds. The molecule has 7 nitrogen and oxygen atoms in total. The Morgan fingerprint density at radius 1 is 1.27 bits per heavy atom. The number of nitrogens with one attached hydrogen (secondary N) is 2. The first-order valence-corrected chi connectivity index (χ1v) is 9.50. The van der Waals surface area contributed by atoms with Crippen molar-refractivity contribution in [3.05, 3.63) is 35.4 Å². The zero-order valence-corrected chi connectivity index (χ0v) is 17.0. The predicted molar refractivity (Wildman–Crippen MR) is 100 cm³/mol. The topological polar surface area (TPSA) is 93.7 Å². The van der Waals surface area contributed by atoms with Crippen LogP contribution in [0.1, 0.15) is 37.8 Å². The molecular weight excluding hydrogens is 405 g/mol. The highest BCUT2D eigenvalue weighted by Crippen LogP contribution is 2.32. The lowest BCUT2D eigenvalue weighted by Crippen LogP contribution is -2.63. The molecule has 1 aliphatic rings. The minimum Gasteiger partial charge on any atom is -0.467 e. The van der Waals surface area contributed by atoms with Crippen molar-refractivity contribution in [2.75, 3.05) is 13.7 Å². The third-order valence-corrected chi connectivity index (χ3v) is 5.07. The van der Waals surface area contributed by atoms with E-state index in [0.29, 0.717) is 18.5 Å². The van der Waals surface area contributed by atoms with Crippen molar-refractivity contribution >= 4 is 17.8 Å². The van der Waals surface area contributed by atoms with Crippen molar-refractivity contribution in [1.29, 1.82) is 0 Å². The summed E-state index contributed by atoms with van der Waals surface area (Å²) in [7, 11) is 1.20. The fourth-order valence-corrected chi connectivity index (χ4v) is 3.52. The van der Waals surface area contributed by atoms with Crippen LogP contribution in [0.5, 0.6) is 0 Å².